The molecule has 0 spiro atoms. The minimum absolute atomic E-state index is 0.140. The van der Waals surface area contributed by atoms with Crippen LogP contribution in [0.4, 0.5) is 8.78 Å². The van der Waals surface area contributed by atoms with Gasteiger partial charge in [-0.1, -0.05) is 18.2 Å². The van der Waals surface area contributed by atoms with E-state index in [1.807, 2.05) is 0 Å². The molecule has 2 aromatic rings. The zero-order valence-corrected chi connectivity index (χ0v) is 9.28. The number of fused-ring (bicyclic) bond motifs is 1. The Morgan fingerprint density at radius 2 is 2.06 bits per heavy atom. The molecule has 0 saturated carbocycles. The van der Waals surface area contributed by atoms with Gasteiger partial charge in [-0.25, -0.2) is 8.78 Å². The Morgan fingerprint density at radius 3 is 2.76 bits per heavy atom. The third-order valence-electron chi connectivity index (χ3n) is 2.51. The van der Waals surface area contributed by atoms with Crippen molar-refractivity contribution in [1.29, 1.82) is 0 Å². The molecule has 2 rings (SSSR count). The van der Waals surface area contributed by atoms with Crippen LogP contribution < -0.4 is 0 Å². The van der Waals surface area contributed by atoms with Crippen LogP contribution in [-0.4, -0.2) is 10.8 Å². The van der Waals surface area contributed by atoms with Crippen molar-refractivity contribution in [2.45, 2.75) is 19.3 Å². The number of halogens is 2. The normalized spacial score (nSPS) is 11.7. The molecule has 1 aromatic heterocycles. The molecule has 4 heteroatoms. The number of alkyl halides is 2. The van der Waals surface area contributed by atoms with Crippen LogP contribution in [0.15, 0.2) is 36.5 Å². The standard InChI is InChI=1S/C13H11F2NO/c1-9(17)8-13(14,15)11-5-2-6-12-10(11)4-3-7-16-12/h2-7H,8H2,1H3. The molecular formula is C13H11F2NO. The Kier molecular flexibility index (Phi) is 2.88. The monoisotopic (exact) mass is 235 g/mol. The van der Waals surface area contributed by atoms with E-state index in [4.69, 9.17) is 0 Å². The Labute approximate surface area is 97.3 Å². The molecule has 2 nitrogen and oxygen atoms in total. The molecule has 0 N–H and O–H groups in total. The Bertz CT molecular complexity index is 561. The van der Waals surface area contributed by atoms with E-state index in [0.717, 1.165) is 6.92 Å². The predicted molar refractivity (Wildman–Crippen MR) is 60.9 cm³/mol. The number of Topliss-reactive ketones (excluding diaryl/α,β-unsaturated/α-hetero) is 1. The lowest BCUT2D eigenvalue weighted by Gasteiger charge is -2.16. The molecular weight excluding hydrogens is 224 g/mol. The summed E-state index contributed by atoms with van der Waals surface area (Å²) in [6.07, 6.45) is 0.774. The maximum atomic E-state index is 13.9. The first-order valence-corrected chi connectivity index (χ1v) is 5.22. The molecule has 17 heavy (non-hydrogen) atoms. The van der Waals surface area contributed by atoms with E-state index in [0.29, 0.717) is 10.9 Å². The van der Waals surface area contributed by atoms with Gasteiger partial charge >= 0.3 is 0 Å². The summed E-state index contributed by atoms with van der Waals surface area (Å²) in [6, 6.07) is 7.73. The van der Waals surface area contributed by atoms with Gasteiger partial charge < -0.3 is 0 Å². The first-order valence-electron chi connectivity index (χ1n) is 5.22. The second kappa shape index (κ2) is 4.20. The lowest BCUT2D eigenvalue weighted by Crippen LogP contribution is -2.17. The van der Waals surface area contributed by atoms with E-state index in [9.17, 15) is 13.6 Å². The van der Waals surface area contributed by atoms with Gasteiger partial charge in [0.2, 0.25) is 0 Å². The fourth-order valence-corrected chi connectivity index (χ4v) is 1.83. The highest BCUT2D eigenvalue weighted by Crippen LogP contribution is 2.35. The smallest absolute Gasteiger partial charge is 0.280 e. The summed E-state index contributed by atoms with van der Waals surface area (Å²) in [5, 5.41) is 0.390. The van der Waals surface area contributed by atoms with Crippen molar-refractivity contribution in [2.24, 2.45) is 0 Å². The fraction of sp³-hybridized carbons (Fsp3) is 0.231. The first-order chi connectivity index (χ1) is 8.00. The van der Waals surface area contributed by atoms with Gasteiger partial charge in [0.15, 0.2) is 0 Å². The minimum Gasteiger partial charge on any atom is -0.300 e. The van der Waals surface area contributed by atoms with Gasteiger partial charge in [-0.05, 0) is 19.1 Å². The fourth-order valence-electron chi connectivity index (χ4n) is 1.83. The number of benzene rings is 1. The molecule has 0 unspecified atom stereocenters. The van der Waals surface area contributed by atoms with Crippen molar-refractivity contribution in [2.75, 3.05) is 0 Å². The van der Waals surface area contributed by atoms with Crippen molar-refractivity contribution in [3.05, 3.63) is 42.1 Å². The van der Waals surface area contributed by atoms with E-state index in [1.165, 1.54) is 12.1 Å². The Hall–Kier alpha value is -1.84. The number of aromatic nitrogens is 1. The van der Waals surface area contributed by atoms with E-state index >= 15 is 0 Å². The quantitative estimate of drug-likeness (QED) is 0.816. The number of rotatable bonds is 3. The molecule has 0 atom stereocenters. The topological polar surface area (TPSA) is 30.0 Å². The van der Waals surface area contributed by atoms with Gasteiger partial charge in [0.1, 0.15) is 5.78 Å². The largest absolute Gasteiger partial charge is 0.300 e. The minimum atomic E-state index is -3.14. The molecule has 0 aliphatic carbocycles. The van der Waals surface area contributed by atoms with E-state index in [-0.39, 0.29) is 5.56 Å². The summed E-state index contributed by atoms with van der Waals surface area (Å²) in [7, 11) is 0. The number of hydrogen-bond acceptors (Lipinski definition) is 2. The van der Waals surface area contributed by atoms with E-state index in [2.05, 4.69) is 4.98 Å². The molecule has 0 saturated heterocycles. The second-order valence-electron chi connectivity index (χ2n) is 3.96. The SMILES string of the molecule is CC(=O)CC(F)(F)c1cccc2ncccc12. The summed E-state index contributed by atoms with van der Waals surface area (Å²) in [4.78, 5) is 14.9. The summed E-state index contributed by atoms with van der Waals surface area (Å²) in [5.74, 6) is -3.68. The van der Waals surface area contributed by atoms with Crippen LogP contribution >= 0.6 is 0 Å². The second-order valence-corrected chi connectivity index (χ2v) is 3.96. The van der Waals surface area contributed by atoms with Gasteiger partial charge in [-0.15, -0.1) is 0 Å². The van der Waals surface area contributed by atoms with Crippen molar-refractivity contribution in [1.82, 2.24) is 4.98 Å². The van der Waals surface area contributed by atoms with Crippen LogP contribution in [0, 0.1) is 0 Å². The Morgan fingerprint density at radius 1 is 1.29 bits per heavy atom. The van der Waals surface area contributed by atoms with Gasteiger partial charge in [0, 0.05) is 17.1 Å². The van der Waals surface area contributed by atoms with Crippen LogP contribution in [0.3, 0.4) is 0 Å². The van der Waals surface area contributed by atoms with Crippen molar-refractivity contribution in [3.8, 4) is 0 Å². The maximum absolute atomic E-state index is 13.9. The van der Waals surface area contributed by atoms with Crippen molar-refractivity contribution < 1.29 is 13.6 Å². The number of carbonyl (C=O) groups excluding carboxylic acids is 1. The zero-order chi connectivity index (χ0) is 12.5. The predicted octanol–water partition coefficient (Wildman–Crippen LogP) is 3.31. The molecule has 0 bridgehead atoms. The molecule has 0 radical (unpaired) electrons. The summed E-state index contributed by atoms with van der Waals surface area (Å²) < 4.78 is 27.8. The molecule has 0 amide bonds. The van der Waals surface area contributed by atoms with E-state index in [1.54, 1.807) is 24.4 Å². The number of pyridine rings is 1. The lowest BCUT2D eigenvalue weighted by molar-refractivity contribution is -0.124. The molecule has 0 fully saturated rings. The summed E-state index contributed by atoms with van der Waals surface area (Å²) >= 11 is 0. The molecule has 0 aliphatic heterocycles. The number of hydrogen-bond donors (Lipinski definition) is 0. The lowest BCUT2D eigenvalue weighted by atomic mass is 9.99. The highest BCUT2D eigenvalue weighted by atomic mass is 19.3. The summed E-state index contributed by atoms with van der Waals surface area (Å²) in [5.41, 5.74) is 0.367. The van der Waals surface area contributed by atoms with E-state index < -0.39 is 18.1 Å². The number of carbonyl (C=O) groups is 1. The van der Waals surface area contributed by atoms with Crippen LogP contribution in [0.5, 0.6) is 0 Å². The summed E-state index contributed by atoms with van der Waals surface area (Å²) in [6.45, 7) is 1.16. The van der Waals surface area contributed by atoms with Crippen LogP contribution in [0.1, 0.15) is 18.9 Å². The molecule has 88 valence electrons. The number of ketones is 1. The number of nitrogens with zero attached hydrogens (tertiary/aromatic N) is 1. The Balaban J connectivity index is 2.58. The molecule has 1 heterocycles. The van der Waals surface area contributed by atoms with Gasteiger partial charge in [0.25, 0.3) is 5.92 Å². The van der Waals surface area contributed by atoms with Crippen molar-refractivity contribution in [3.63, 3.8) is 0 Å². The van der Waals surface area contributed by atoms with Crippen LogP contribution in [-0.2, 0) is 10.7 Å². The van der Waals surface area contributed by atoms with Gasteiger partial charge in [-0.2, -0.15) is 0 Å². The highest BCUT2D eigenvalue weighted by Gasteiger charge is 2.34. The maximum Gasteiger partial charge on any atom is 0.280 e. The first kappa shape index (κ1) is 11.6. The van der Waals surface area contributed by atoms with Crippen LogP contribution in [0.2, 0.25) is 0 Å². The van der Waals surface area contributed by atoms with Gasteiger partial charge in [0.05, 0.1) is 11.9 Å². The molecule has 1 aromatic carbocycles. The van der Waals surface area contributed by atoms with Crippen molar-refractivity contribution >= 4 is 16.7 Å². The average Bonchev–Trinajstić information content (AvgIpc) is 2.26. The third kappa shape index (κ3) is 2.30. The average molecular weight is 235 g/mol. The zero-order valence-electron chi connectivity index (χ0n) is 9.28. The van der Waals surface area contributed by atoms with Crippen LogP contribution in [0.25, 0.3) is 10.9 Å². The van der Waals surface area contributed by atoms with Gasteiger partial charge in [-0.3, -0.25) is 9.78 Å². The molecule has 0 aliphatic rings. The highest BCUT2D eigenvalue weighted by molar-refractivity contribution is 5.84. The third-order valence-corrected chi connectivity index (χ3v) is 2.51.